The highest BCUT2D eigenvalue weighted by atomic mass is 35.5. The highest BCUT2D eigenvalue weighted by molar-refractivity contribution is 7.91. The standard InChI is InChI=1S/C17H17ClF3N5O2S/c1-4-29(27,28)14-11(24-26(3)12(14)8-5-6-8)16-22-9-7-10(17(19,20)21)23-15(18)13(9)25(16)2/h7-8H,4-6H2,1-3H3. The van der Waals surface area contributed by atoms with Gasteiger partial charge in [-0.25, -0.2) is 18.4 Å². The molecule has 3 heterocycles. The highest BCUT2D eigenvalue weighted by Gasteiger charge is 2.38. The van der Waals surface area contributed by atoms with Crippen molar-refractivity contribution >= 4 is 32.5 Å². The quantitative estimate of drug-likeness (QED) is 0.569. The second-order valence-corrected chi connectivity index (χ2v) is 9.60. The lowest BCUT2D eigenvalue weighted by atomic mass is 10.2. The van der Waals surface area contributed by atoms with E-state index >= 15 is 0 Å². The molecule has 0 aromatic carbocycles. The molecule has 4 rings (SSSR count). The maximum atomic E-state index is 13.1. The summed E-state index contributed by atoms with van der Waals surface area (Å²) in [6.07, 6.45) is -2.97. The summed E-state index contributed by atoms with van der Waals surface area (Å²) in [6.45, 7) is 1.54. The molecule has 3 aromatic heterocycles. The second kappa shape index (κ2) is 6.43. The number of fused-ring (bicyclic) bond motifs is 1. The molecule has 0 aliphatic heterocycles. The third kappa shape index (κ3) is 3.20. The van der Waals surface area contributed by atoms with Crippen LogP contribution in [0.15, 0.2) is 11.0 Å². The minimum Gasteiger partial charge on any atom is -0.323 e. The number of imidazole rings is 1. The zero-order valence-electron chi connectivity index (χ0n) is 15.7. The van der Waals surface area contributed by atoms with Gasteiger partial charge in [-0.15, -0.1) is 0 Å². The van der Waals surface area contributed by atoms with E-state index in [4.69, 9.17) is 11.6 Å². The van der Waals surface area contributed by atoms with Crippen LogP contribution in [-0.2, 0) is 30.1 Å². The predicted octanol–water partition coefficient (Wildman–Crippen LogP) is 3.71. The van der Waals surface area contributed by atoms with Gasteiger partial charge in [0.1, 0.15) is 21.8 Å². The van der Waals surface area contributed by atoms with E-state index < -0.39 is 21.7 Å². The highest BCUT2D eigenvalue weighted by Crippen LogP contribution is 2.46. The fourth-order valence-electron chi connectivity index (χ4n) is 3.46. The van der Waals surface area contributed by atoms with Gasteiger partial charge in [0.2, 0.25) is 0 Å². The molecule has 0 bridgehead atoms. The van der Waals surface area contributed by atoms with Gasteiger partial charge in [-0.1, -0.05) is 18.5 Å². The smallest absolute Gasteiger partial charge is 0.323 e. The number of halogens is 4. The summed E-state index contributed by atoms with van der Waals surface area (Å²) >= 11 is 6.01. The van der Waals surface area contributed by atoms with E-state index in [1.54, 1.807) is 14.1 Å². The van der Waals surface area contributed by atoms with Crippen LogP contribution >= 0.6 is 11.6 Å². The fourth-order valence-corrected chi connectivity index (χ4v) is 5.11. The minimum atomic E-state index is -4.68. The third-order valence-corrected chi connectivity index (χ3v) is 7.06. The van der Waals surface area contributed by atoms with E-state index in [0.717, 1.165) is 18.9 Å². The number of hydrogen-bond acceptors (Lipinski definition) is 5. The fraction of sp³-hybridized carbons (Fsp3) is 0.471. The minimum absolute atomic E-state index is 0.0340. The van der Waals surface area contributed by atoms with Crippen molar-refractivity contribution in [3.63, 3.8) is 0 Å². The summed E-state index contributed by atoms with van der Waals surface area (Å²) in [6, 6.07) is 0.795. The van der Waals surface area contributed by atoms with Gasteiger partial charge >= 0.3 is 6.18 Å². The maximum absolute atomic E-state index is 13.1. The Morgan fingerprint density at radius 1 is 1.24 bits per heavy atom. The second-order valence-electron chi connectivity index (χ2n) is 7.02. The van der Waals surface area contributed by atoms with Crippen LogP contribution in [0.5, 0.6) is 0 Å². The molecule has 0 spiro atoms. The van der Waals surface area contributed by atoms with Crippen molar-refractivity contribution in [3.8, 4) is 11.5 Å². The van der Waals surface area contributed by atoms with Gasteiger partial charge in [-0.05, 0) is 18.9 Å². The van der Waals surface area contributed by atoms with E-state index in [1.165, 1.54) is 16.2 Å². The third-order valence-electron chi connectivity index (χ3n) is 5.01. The largest absolute Gasteiger partial charge is 0.433 e. The molecular weight excluding hydrogens is 431 g/mol. The van der Waals surface area contributed by atoms with Gasteiger partial charge < -0.3 is 4.57 Å². The average Bonchev–Trinajstić information content (AvgIpc) is 3.32. The van der Waals surface area contributed by atoms with E-state index in [2.05, 4.69) is 15.1 Å². The SMILES string of the molecule is CCS(=O)(=O)c1c(-c2nc3cc(C(F)(F)F)nc(Cl)c3n2C)nn(C)c1C1CC1. The molecule has 156 valence electrons. The first-order valence-electron chi connectivity index (χ1n) is 8.85. The number of alkyl halides is 3. The van der Waals surface area contributed by atoms with Crippen LogP contribution in [0.25, 0.3) is 22.6 Å². The number of rotatable bonds is 4. The van der Waals surface area contributed by atoms with E-state index in [9.17, 15) is 21.6 Å². The van der Waals surface area contributed by atoms with Crippen LogP contribution < -0.4 is 0 Å². The molecule has 0 saturated heterocycles. The predicted molar refractivity (Wildman–Crippen MR) is 100 cm³/mol. The summed E-state index contributed by atoms with van der Waals surface area (Å²) in [4.78, 5) is 7.77. The van der Waals surface area contributed by atoms with Crippen LogP contribution in [-0.4, -0.2) is 38.5 Å². The molecule has 3 aromatic rings. The van der Waals surface area contributed by atoms with Gasteiger partial charge in [0.25, 0.3) is 0 Å². The summed E-state index contributed by atoms with van der Waals surface area (Å²) in [7, 11) is -0.454. The summed E-state index contributed by atoms with van der Waals surface area (Å²) in [5, 5.41) is 4.02. The lowest BCUT2D eigenvalue weighted by molar-refractivity contribution is -0.141. The average molecular weight is 448 g/mol. The Kier molecular flexibility index (Phi) is 4.47. The Hall–Kier alpha value is -2.14. The van der Waals surface area contributed by atoms with Crippen LogP contribution in [0.2, 0.25) is 5.15 Å². The molecule has 7 nitrogen and oxygen atoms in total. The molecule has 0 atom stereocenters. The van der Waals surface area contributed by atoms with Gasteiger partial charge in [-0.2, -0.15) is 18.3 Å². The van der Waals surface area contributed by atoms with Gasteiger partial charge in [0.15, 0.2) is 20.8 Å². The number of aromatic nitrogens is 5. The Bertz CT molecular complexity index is 1240. The molecule has 0 amide bonds. The number of hydrogen-bond donors (Lipinski definition) is 0. The summed E-state index contributed by atoms with van der Waals surface area (Å²) in [5.74, 6) is 0.0856. The molecule has 12 heteroatoms. The van der Waals surface area contributed by atoms with Crippen LogP contribution in [0.1, 0.15) is 37.1 Å². The summed E-state index contributed by atoms with van der Waals surface area (Å²) < 4.78 is 68.0. The lowest BCUT2D eigenvalue weighted by Crippen LogP contribution is -2.09. The topological polar surface area (TPSA) is 82.7 Å². The Morgan fingerprint density at radius 3 is 2.45 bits per heavy atom. The molecule has 0 unspecified atom stereocenters. The van der Waals surface area contributed by atoms with Gasteiger partial charge in [0.05, 0.1) is 17.0 Å². The van der Waals surface area contributed by atoms with E-state index in [0.29, 0.717) is 5.69 Å². The Morgan fingerprint density at radius 2 is 1.90 bits per heavy atom. The molecule has 1 saturated carbocycles. The monoisotopic (exact) mass is 447 g/mol. The number of nitrogens with zero attached hydrogens (tertiary/aromatic N) is 5. The molecule has 0 radical (unpaired) electrons. The Balaban J connectivity index is 2.02. The molecule has 1 aliphatic rings. The van der Waals surface area contributed by atoms with Crippen molar-refractivity contribution in [1.29, 1.82) is 0 Å². The normalized spacial score (nSPS) is 15.4. The van der Waals surface area contributed by atoms with Crippen LogP contribution in [0.3, 0.4) is 0 Å². The van der Waals surface area contributed by atoms with E-state index in [-0.39, 0.29) is 44.3 Å². The number of pyridine rings is 1. The van der Waals surface area contributed by atoms with Crippen molar-refractivity contribution < 1.29 is 21.6 Å². The van der Waals surface area contributed by atoms with Crippen molar-refractivity contribution in [3.05, 3.63) is 22.6 Å². The van der Waals surface area contributed by atoms with Crippen molar-refractivity contribution in [2.45, 2.75) is 36.8 Å². The molecule has 0 N–H and O–H groups in total. The van der Waals surface area contributed by atoms with Crippen molar-refractivity contribution in [2.24, 2.45) is 14.1 Å². The Labute approximate surface area is 169 Å². The zero-order chi connectivity index (χ0) is 21.3. The zero-order valence-corrected chi connectivity index (χ0v) is 17.3. The maximum Gasteiger partial charge on any atom is 0.433 e. The first-order chi connectivity index (χ1) is 13.5. The van der Waals surface area contributed by atoms with Crippen molar-refractivity contribution in [2.75, 3.05) is 5.75 Å². The molecule has 29 heavy (non-hydrogen) atoms. The summed E-state index contributed by atoms with van der Waals surface area (Å²) in [5.41, 5.74) is -0.309. The number of aryl methyl sites for hydroxylation is 2. The molecular formula is C17H17ClF3N5O2S. The van der Waals surface area contributed by atoms with Crippen LogP contribution in [0, 0.1) is 0 Å². The first-order valence-corrected chi connectivity index (χ1v) is 10.9. The van der Waals surface area contributed by atoms with Gasteiger partial charge in [0, 0.05) is 20.0 Å². The van der Waals surface area contributed by atoms with Crippen LogP contribution in [0.4, 0.5) is 13.2 Å². The first kappa shape index (κ1) is 20.1. The lowest BCUT2D eigenvalue weighted by Gasteiger charge is -2.07. The molecule has 1 aliphatic carbocycles. The van der Waals surface area contributed by atoms with Crippen molar-refractivity contribution in [1.82, 2.24) is 24.3 Å². The molecule has 1 fully saturated rings. The van der Waals surface area contributed by atoms with E-state index in [1.807, 2.05) is 0 Å². The van der Waals surface area contributed by atoms with Gasteiger partial charge in [-0.3, -0.25) is 4.68 Å². The number of sulfone groups is 1.